The van der Waals surface area contributed by atoms with Crippen molar-refractivity contribution >= 4 is 33.2 Å². The van der Waals surface area contributed by atoms with E-state index in [4.69, 9.17) is 9.15 Å². The highest BCUT2D eigenvalue weighted by Gasteiger charge is 2.35. The van der Waals surface area contributed by atoms with E-state index in [1.54, 1.807) is 54.6 Å². The SMILES string of the molecule is Cc1ccc2c(c1)N(S(C)(=O)=O)C[C@@H](C(=O)Nc1ccccc1C(=O)NCc1ccco1)O2. The maximum absolute atomic E-state index is 13.0. The number of carbonyl (C=O) groups excluding carboxylic acids is 2. The highest BCUT2D eigenvalue weighted by Crippen LogP contribution is 2.36. The average Bonchev–Trinajstić information content (AvgIpc) is 3.30. The van der Waals surface area contributed by atoms with Crippen molar-refractivity contribution in [1.29, 1.82) is 0 Å². The summed E-state index contributed by atoms with van der Waals surface area (Å²) < 4.78 is 36.9. The van der Waals surface area contributed by atoms with Gasteiger partial charge < -0.3 is 19.8 Å². The number of nitrogens with one attached hydrogen (secondary N) is 2. The van der Waals surface area contributed by atoms with Gasteiger partial charge in [0.2, 0.25) is 10.0 Å². The standard InChI is InChI=1S/C23H23N3O6S/c1-15-9-10-20-19(12-15)26(33(2,29)30)14-21(32-20)23(28)25-18-8-4-3-7-17(18)22(27)24-13-16-6-5-11-31-16/h3-12,21H,13-14H2,1-2H3,(H,24,27)(H,25,28)/t21-/m0/s1. The number of amides is 2. The molecule has 1 atom stereocenters. The second kappa shape index (κ2) is 8.99. The molecule has 0 fully saturated rings. The van der Waals surface area contributed by atoms with E-state index >= 15 is 0 Å². The first-order valence-corrected chi connectivity index (χ1v) is 12.0. The van der Waals surface area contributed by atoms with Gasteiger partial charge in [0.05, 0.1) is 42.5 Å². The minimum atomic E-state index is -3.65. The van der Waals surface area contributed by atoms with Gasteiger partial charge >= 0.3 is 0 Å². The molecule has 172 valence electrons. The number of para-hydroxylation sites is 1. The molecule has 2 N–H and O–H groups in total. The van der Waals surface area contributed by atoms with Gasteiger partial charge in [0.15, 0.2) is 6.10 Å². The molecular weight excluding hydrogens is 446 g/mol. The number of benzene rings is 2. The van der Waals surface area contributed by atoms with Crippen LogP contribution in [0.15, 0.2) is 65.3 Å². The van der Waals surface area contributed by atoms with E-state index in [9.17, 15) is 18.0 Å². The molecule has 9 nitrogen and oxygen atoms in total. The number of aryl methyl sites for hydroxylation is 1. The van der Waals surface area contributed by atoms with Gasteiger partial charge in [-0.3, -0.25) is 13.9 Å². The van der Waals surface area contributed by atoms with Gasteiger partial charge in [-0.05, 0) is 48.9 Å². The lowest BCUT2D eigenvalue weighted by Gasteiger charge is -2.34. The van der Waals surface area contributed by atoms with Crippen molar-refractivity contribution < 1.29 is 27.2 Å². The number of anilines is 2. The van der Waals surface area contributed by atoms with Crippen molar-refractivity contribution in [1.82, 2.24) is 5.32 Å². The molecule has 4 rings (SSSR count). The van der Waals surface area contributed by atoms with Crippen molar-refractivity contribution in [3.63, 3.8) is 0 Å². The van der Waals surface area contributed by atoms with E-state index in [-0.39, 0.29) is 24.3 Å². The summed E-state index contributed by atoms with van der Waals surface area (Å²) in [6, 6.07) is 15.1. The summed E-state index contributed by atoms with van der Waals surface area (Å²) in [6.07, 6.45) is 1.49. The molecule has 1 aliphatic rings. The molecule has 0 saturated heterocycles. The largest absolute Gasteiger partial charge is 0.476 e. The predicted octanol–water partition coefficient (Wildman–Crippen LogP) is 2.68. The number of sulfonamides is 1. The van der Waals surface area contributed by atoms with Gasteiger partial charge in [0.1, 0.15) is 11.5 Å². The normalized spacial score (nSPS) is 15.3. The molecule has 2 heterocycles. The van der Waals surface area contributed by atoms with Gasteiger partial charge in [-0.1, -0.05) is 18.2 Å². The smallest absolute Gasteiger partial charge is 0.267 e. The molecular formula is C23H23N3O6S. The Balaban J connectivity index is 1.53. The molecule has 10 heteroatoms. The molecule has 33 heavy (non-hydrogen) atoms. The summed E-state index contributed by atoms with van der Waals surface area (Å²) in [7, 11) is -3.65. The fourth-order valence-corrected chi connectivity index (χ4v) is 4.40. The summed E-state index contributed by atoms with van der Waals surface area (Å²) in [5.41, 5.74) is 1.79. The predicted molar refractivity (Wildman–Crippen MR) is 123 cm³/mol. The van der Waals surface area contributed by atoms with Crippen LogP contribution in [0.3, 0.4) is 0 Å². The maximum atomic E-state index is 13.0. The van der Waals surface area contributed by atoms with Crippen LogP contribution in [-0.2, 0) is 21.4 Å². The molecule has 2 aromatic carbocycles. The Labute approximate surface area is 191 Å². The first kappa shape index (κ1) is 22.4. The minimum absolute atomic E-state index is 0.187. The van der Waals surface area contributed by atoms with Gasteiger partial charge in [-0.25, -0.2) is 8.42 Å². The van der Waals surface area contributed by atoms with Crippen LogP contribution in [0.1, 0.15) is 21.7 Å². The van der Waals surface area contributed by atoms with Gasteiger partial charge in [0.25, 0.3) is 11.8 Å². The van der Waals surface area contributed by atoms with Crippen molar-refractivity contribution in [2.75, 3.05) is 22.4 Å². The van der Waals surface area contributed by atoms with E-state index in [1.165, 1.54) is 6.26 Å². The molecule has 0 aliphatic carbocycles. The van der Waals surface area contributed by atoms with E-state index in [0.717, 1.165) is 16.1 Å². The van der Waals surface area contributed by atoms with E-state index in [2.05, 4.69) is 10.6 Å². The zero-order valence-corrected chi connectivity index (χ0v) is 18.9. The quantitative estimate of drug-likeness (QED) is 0.573. The minimum Gasteiger partial charge on any atom is -0.476 e. The molecule has 1 aromatic heterocycles. The summed E-state index contributed by atoms with van der Waals surface area (Å²) in [5.74, 6) is -0.0799. The van der Waals surface area contributed by atoms with Crippen LogP contribution in [0.5, 0.6) is 5.75 Å². The molecule has 0 unspecified atom stereocenters. The zero-order chi connectivity index (χ0) is 23.6. The highest BCUT2D eigenvalue weighted by molar-refractivity contribution is 7.92. The summed E-state index contributed by atoms with van der Waals surface area (Å²) in [4.78, 5) is 25.7. The third-order valence-corrected chi connectivity index (χ3v) is 6.26. The molecule has 1 aliphatic heterocycles. The van der Waals surface area contributed by atoms with Crippen molar-refractivity contribution in [3.05, 3.63) is 77.7 Å². The van der Waals surface area contributed by atoms with E-state index in [1.807, 2.05) is 6.92 Å². The van der Waals surface area contributed by atoms with Gasteiger partial charge in [-0.15, -0.1) is 0 Å². The van der Waals surface area contributed by atoms with Gasteiger partial charge in [-0.2, -0.15) is 0 Å². The number of hydrogen-bond donors (Lipinski definition) is 2. The van der Waals surface area contributed by atoms with Crippen molar-refractivity contribution in [2.24, 2.45) is 0 Å². The Bertz CT molecular complexity index is 1290. The first-order valence-electron chi connectivity index (χ1n) is 10.2. The van der Waals surface area contributed by atoms with Crippen LogP contribution < -0.4 is 19.7 Å². The number of fused-ring (bicyclic) bond motifs is 1. The monoisotopic (exact) mass is 469 g/mol. The second-order valence-corrected chi connectivity index (χ2v) is 9.58. The lowest BCUT2D eigenvalue weighted by molar-refractivity contribution is -0.122. The number of carbonyl (C=O) groups is 2. The van der Waals surface area contributed by atoms with Crippen LogP contribution in [0.25, 0.3) is 0 Å². The molecule has 0 bridgehead atoms. The Morgan fingerprint density at radius 2 is 1.91 bits per heavy atom. The number of hydrogen-bond acceptors (Lipinski definition) is 6. The van der Waals surface area contributed by atoms with Crippen LogP contribution in [0, 0.1) is 6.92 Å². The van der Waals surface area contributed by atoms with Crippen LogP contribution in [0.4, 0.5) is 11.4 Å². The van der Waals surface area contributed by atoms with Crippen LogP contribution >= 0.6 is 0 Å². The fraction of sp³-hybridized carbons (Fsp3) is 0.217. The topological polar surface area (TPSA) is 118 Å². The van der Waals surface area contributed by atoms with E-state index < -0.39 is 27.9 Å². The average molecular weight is 470 g/mol. The lowest BCUT2D eigenvalue weighted by atomic mass is 10.1. The highest BCUT2D eigenvalue weighted by atomic mass is 32.2. The molecule has 0 radical (unpaired) electrons. The third-order valence-electron chi connectivity index (χ3n) is 5.11. The van der Waals surface area contributed by atoms with Crippen molar-refractivity contribution in [3.8, 4) is 5.75 Å². The second-order valence-electron chi connectivity index (χ2n) is 7.67. The molecule has 0 saturated carbocycles. The summed E-state index contributed by atoms with van der Waals surface area (Å²) in [6.45, 7) is 1.85. The molecule has 2 amide bonds. The summed E-state index contributed by atoms with van der Waals surface area (Å²) >= 11 is 0. The molecule has 3 aromatic rings. The van der Waals surface area contributed by atoms with Crippen LogP contribution in [-0.4, -0.2) is 39.1 Å². The zero-order valence-electron chi connectivity index (χ0n) is 18.1. The Morgan fingerprint density at radius 1 is 1.12 bits per heavy atom. The first-order chi connectivity index (χ1) is 15.7. The Morgan fingerprint density at radius 3 is 2.64 bits per heavy atom. The Hall–Kier alpha value is -3.79. The van der Waals surface area contributed by atoms with Crippen LogP contribution in [0.2, 0.25) is 0 Å². The molecule has 0 spiro atoms. The maximum Gasteiger partial charge on any atom is 0.267 e. The van der Waals surface area contributed by atoms with Crippen molar-refractivity contribution in [2.45, 2.75) is 19.6 Å². The lowest BCUT2D eigenvalue weighted by Crippen LogP contribution is -2.48. The number of furan rings is 1. The number of ether oxygens (including phenoxy) is 1. The number of nitrogens with zero attached hydrogens (tertiary/aromatic N) is 1. The Kier molecular flexibility index (Phi) is 6.10. The summed E-state index contributed by atoms with van der Waals surface area (Å²) in [5, 5.41) is 5.44. The third kappa shape index (κ3) is 5.01. The fourth-order valence-electron chi connectivity index (χ4n) is 3.49. The van der Waals surface area contributed by atoms with Gasteiger partial charge in [0, 0.05) is 0 Å². The van der Waals surface area contributed by atoms with E-state index in [0.29, 0.717) is 17.2 Å². The number of rotatable bonds is 6.